The number of benzene rings is 1. The fourth-order valence-electron chi connectivity index (χ4n) is 2.88. The number of hydrogen-bond donors (Lipinski definition) is 0. The van der Waals surface area contributed by atoms with Crippen LogP contribution < -0.4 is 0 Å². The second kappa shape index (κ2) is 7.02. The first-order chi connectivity index (χ1) is 10.8. The molecule has 1 unspecified atom stereocenters. The zero-order valence-corrected chi connectivity index (χ0v) is 14.3. The maximum Gasteiger partial charge on any atom is 0.410 e. The van der Waals surface area contributed by atoms with Gasteiger partial charge in [-0.15, -0.1) is 0 Å². The zero-order valence-electron chi connectivity index (χ0n) is 14.3. The Hall–Kier alpha value is -2.04. The topological polar surface area (TPSA) is 55.8 Å². The van der Waals surface area contributed by atoms with Gasteiger partial charge in [-0.05, 0) is 51.7 Å². The van der Waals surface area contributed by atoms with Crippen LogP contribution >= 0.6 is 0 Å². The summed E-state index contributed by atoms with van der Waals surface area (Å²) in [6, 6.07) is 7.15. The second-order valence-electron chi connectivity index (χ2n) is 6.76. The van der Waals surface area contributed by atoms with E-state index in [1.165, 1.54) is 7.11 Å². The Morgan fingerprint density at radius 1 is 1.17 bits per heavy atom. The lowest BCUT2D eigenvalue weighted by molar-refractivity contribution is 0.00917. The van der Waals surface area contributed by atoms with Gasteiger partial charge in [0.25, 0.3) is 0 Å². The van der Waals surface area contributed by atoms with E-state index in [0.29, 0.717) is 12.1 Å². The summed E-state index contributed by atoms with van der Waals surface area (Å²) < 4.78 is 10.4. The van der Waals surface area contributed by atoms with Crippen LogP contribution in [0.25, 0.3) is 0 Å². The minimum Gasteiger partial charge on any atom is -0.465 e. The number of carbonyl (C=O) groups is 2. The average molecular weight is 319 g/mol. The summed E-state index contributed by atoms with van der Waals surface area (Å²) in [7, 11) is 1.37. The van der Waals surface area contributed by atoms with Crippen molar-refractivity contribution in [2.75, 3.05) is 13.7 Å². The number of ether oxygens (including phenoxy) is 2. The standard InChI is InChI=1S/C18H25NO4/c1-18(2,3)23-17(21)19-12-8-7-11-15(19)13-9-5-6-10-14(13)16(20)22-4/h5-6,9-10,15H,7-8,11-12H2,1-4H3. The van der Waals surface area contributed by atoms with Gasteiger partial charge in [0.2, 0.25) is 0 Å². The fourth-order valence-corrected chi connectivity index (χ4v) is 2.88. The highest BCUT2D eigenvalue weighted by Crippen LogP contribution is 2.34. The lowest BCUT2D eigenvalue weighted by Crippen LogP contribution is -2.42. The van der Waals surface area contributed by atoms with Gasteiger partial charge in [0.15, 0.2) is 0 Å². The molecule has 1 atom stereocenters. The molecular weight excluding hydrogens is 294 g/mol. The van der Waals surface area contributed by atoms with Crippen molar-refractivity contribution in [1.29, 1.82) is 0 Å². The summed E-state index contributed by atoms with van der Waals surface area (Å²) in [5.41, 5.74) is 0.793. The van der Waals surface area contributed by atoms with E-state index in [-0.39, 0.29) is 18.1 Å². The van der Waals surface area contributed by atoms with Gasteiger partial charge >= 0.3 is 12.1 Å². The van der Waals surface area contributed by atoms with Gasteiger partial charge in [0.05, 0.1) is 18.7 Å². The first kappa shape index (κ1) is 17.3. The number of methoxy groups -OCH3 is 1. The van der Waals surface area contributed by atoms with Crippen molar-refractivity contribution in [2.24, 2.45) is 0 Å². The van der Waals surface area contributed by atoms with Crippen LogP contribution in [0.5, 0.6) is 0 Å². The molecule has 1 aliphatic rings. The van der Waals surface area contributed by atoms with E-state index >= 15 is 0 Å². The summed E-state index contributed by atoms with van der Waals surface area (Å²) in [6.07, 6.45) is 2.44. The number of esters is 1. The number of hydrogen-bond acceptors (Lipinski definition) is 4. The zero-order chi connectivity index (χ0) is 17.0. The minimum atomic E-state index is -0.541. The van der Waals surface area contributed by atoms with E-state index in [0.717, 1.165) is 24.8 Å². The number of piperidine rings is 1. The van der Waals surface area contributed by atoms with Crippen molar-refractivity contribution >= 4 is 12.1 Å². The number of nitrogens with zero attached hydrogens (tertiary/aromatic N) is 1. The molecule has 1 saturated heterocycles. The maximum atomic E-state index is 12.5. The molecule has 1 fully saturated rings. The number of likely N-dealkylation sites (tertiary alicyclic amines) is 1. The molecule has 0 radical (unpaired) electrons. The Bertz CT molecular complexity index is 577. The quantitative estimate of drug-likeness (QED) is 0.775. The normalized spacial score (nSPS) is 18.4. The van der Waals surface area contributed by atoms with Crippen molar-refractivity contribution in [1.82, 2.24) is 4.90 Å². The van der Waals surface area contributed by atoms with Crippen LogP contribution in [0, 0.1) is 0 Å². The molecule has 1 aromatic rings. The average Bonchev–Trinajstić information content (AvgIpc) is 2.52. The first-order valence-corrected chi connectivity index (χ1v) is 8.00. The van der Waals surface area contributed by atoms with Crippen molar-refractivity contribution in [2.45, 2.75) is 51.7 Å². The monoisotopic (exact) mass is 319 g/mol. The highest BCUT2D eigenvalue weighted by atomic mass is 16.6. The Labute approximate surface area is 137 Å². The summed E-state index contributed by atoms with van der Waals surface area (Å²) in [4.78, 5) is 26.3. The van der Waals surface area contributed by atoms with Gasteiger partial charge in [-0.1, -0.05) is 18.2 Å². The minimum absolute atomic E-state index is 0.158. The molecular formula is C18H25NO4. The van der Waals surface area contributed by atoms with Gasteiger partial charge in [0, 0.05) is 6.54 Å². The summed E-state index contributed by atoms with van der Waals surface area (Å²) in [5, 5.41) is 0. The Kier molecular flexibility index (Phi) is 5.29. The van der Waals surface area contributed by atoms with Crippen LogP contribution in [-0.2, 0) is 9.47 Å². The molecule has 23 heavy (non-hydrogen) atoms. The van der Waals surface area contributed by atoms with Crippen molar-refractivity contribution < 1.29 is 19.1 Å². The Balaban J connectivity index is 2.32. The Morgan fingerprint density at radius 3 is 2.52 bits per heavy atom. The molecule has 5 heteroatoms. The molecule has 0 spiro atoms. The molecule has 1 aromatic carbocycles. The second-order valence-corrected chi connectivity index (χ2v) is 6.76. The van der Waals surface area contributed by atoms with Gasteiger partial charge in [-0.2, -0.15) is 0 Å². The van der Waals surface area contributed by atoms with E-state index in [1.807, 2.05) is 32.9 Å². The van der Waals surface area contributed by atoms with Gasteiger partial charge in [-0.3, -0.25) is 0 Å². The highest BCUT2D eigenvalue weighted by Gasteiger charge is 2.33. The van der Waals surface area contributed by atoms with Crippen LogP contribution in [-0.4, -0.2) is 36.2 Å². The van der Waals surface area contributed by atoms with Crippen LogP contribution in [0.2, 0.25) is 0 Å². The van der Waals surface area contributed by atoms with Crippen LogP contribution in [0.4, 0.5) is 4.79 Å². The molecule has 0 N–H and O–H groups in total. The lowest BCUT2D eigenvalue weighted by atomic mass is 9.92. The molecule has 1 amide bonds. The molecule has 1 heterocycles. The van der Waals surface area contributed by atoms with Gasteiger partial charge in [0.1, 0.15) is 5.60 Å². The predicted molar refractivity (Wildman–Crippen MR) is 87.3 cm³/mol. The van der Waals surface area contributed by atoms with Crippen LogP contribution in [0.15, 0.2) is 24.3 Å². The molecule has 0 bridgehead atoms. The molecule has 2 rings (SSSR count). The molecule has 0 aliphatic carbocycles. The fraction of sp³-hybridized carbons (Fsp3) is 0.556. The van der Waals surface area contributed by atoms with E-state index < -0.39 is 5.60 Å². The third kappa shape index (κ3) is 4.24. The van der Waals surface area contributed by atoms with Gasteiger partial charge in [-0.25, -0.2) is 9.59 Å². The predicted octanol–water partition coefficient (Wildman–Crippen LogP) is 3.94. The van der Waals surface area contributed by atoms with E-state index in [9.17, 15) is 9.59 Å². The van der Waals surface area contributed by atoms with Gasteiger partial charge < -0.3 is 14.4 Å². The first-order valence-electron chi connectivity index (χ1n) is 8.00. The van der Waals surface area contributed by atoms with Crippen molar-refractivity contribution in [3.63, 3.8) is 0 Å². The van der Waals surface area contributed by atoms with E-state index in [1.54, 1.807) is 17.0 Å². The molecule has 126 valence electrons. The summed E-state index contributed by atoms with van der Waals surface area (Å²) >= 11 is 0. The lowest BCUT2D eigenvalue weighted by Gasteiger charge is -2.37. The SMILES string of the molecule is COC(=O)c1ccccc1C1CCCCN1C(=O)OC(C)(C)C. The summed E-state index contributed by atoms with van der Waals surface area (Å²) in [5.74, 6) is -0.379. The summed E-state index contributed by atoms with van der Waals surface area (Å²) in [6.45, 7) is 6.19. The third-order valence-corrected chi connectivity index (χ3v) is 3.86. The highest BCUT2D eigenvalue weighted by molar-refractivity contribution is 5.91. The molecule has 5 nitrogen and oxygen atoms in total. The Morgan fingerprint density at radius 2 is 1.87 bits per heavy atom. The van der Waals surface area contributed by atoms with Crippen LogP contribution in [0.1, 0.15) is 62.0 Å². The third-order valence-electron chi connectivity index (χ3n) is 3.86. The number of rotatable bonds is 2. The van der Waals surface area contributed by atoms with Crippen LogP contribution in [0.3, 0.4) is 0 Å². The number of amides is 1. The number of carbonyl (C=O) groups excluding carboxylic acids is 2. The largest absolute Gasteiger partial charge is 0.465 e. The smallest absolute Gasteiger partial charge is 0.410 e. The molecule has 0 saturated carbocycles. The molecule has 1 aliphatic heterocycles. The van der Waals surface area contributed by atoms with E-state index in [2.05, 4.69) is 0 Å². The molecule has 0 aromatic heterocycles. The van der Waals surface area contributed by atoms with Crippen molar-refractivity contribution in [3.05, 3.63) is 35.4 Å². The van der Waals surface area contributed by atoms with E-state index in [4.69, 9.17) is 9.47 Å². The van der Waals surface area contributed by atoms with Crippen molar-refractivity contribution in [3.8, 4) is 0 Å². The maximum absolute atomic E-state index is 12.5.